The first-order valence-electron chi connectivity index (χ1n) is 6.62. The van der Waals surface area contributed by atoms with E-state index in [1.54, 1.807) is 6.07 Å². The highest BCUT2D eigenvalue weighted by Gasteiger charge is 2.09. The molecule has 0 saturated heterocycles. The van der Waals surface area contributed by atoms with Gasteiger partial charge in [0.25, 0.3) is 0 Å². The predicted octanol–water partition coefficient (Wildman–Crippen LogP) is 3.39. The van der Waals surface area contributed by atoms with Gasteiger partial charge in [-0.2, -0.15) is 0 Å². The number of hydrogen-bond acceptors (Lipinski definition) is 3. The van der Waals surface area contributed by atoms with Crippen molar-refractivity contribution >= 4 is 0 Å². The Balaban J connectivity index is 2.07. The Kier molecular flexibility index (Phi) is 4.69. The summed E-state index contributed by atoms with van der Waals surface area (Å²) in [5, 5.41) is 3.07. The lowest BCUT2D eigenvalue weighted by molar-refractivity contribution is 0.285. The van der Waals surface area contributed by atoms with Crippen molar-refractivity contribution in [2.45, 2.75) is 26.5 Å². The summed E-state index contributed by atoms with van der Waals surface area (Å²) in [6.45, 7) is 4.16. The van der Waals surface area contributed by atoms with Gasteiger partial charge >= 0.3 is 0 Å². The number of rotatable bonds is 5. The minimum atomic E-state index is -0.350. The van der Waals surface area contributed by atoms with Crippen molar-refractivity contribution in [2.75, 3.05) is 7.05 Å². The number of pyridine rings is 1. The van der Waals surface area contributed by atoms with Gasteiger partial charge in [0.1, 0.15) is 6.61 Å². The van der Waals surface area contributed by atoms with Crippen LogP contribution >= 0.6 is 0 Å². The summed E-state index contributed by atoms with van der Waals surface area (Å²) < 4.78 is 19.4. The van der Waals surface area contributed by atoms with E-state index in [1.807, 2.05) is 45.2 Å². The van der Waals surface area contributed by atoms with Crippen LogP contribution < -0.4 is 10.1 Å². The largest absolute Gasteiger partial charge is 0.484 e. The van der Waals surface area contributed by atoms with Gasteiger partial charge in [-0.15, -0.1) is 0 Å². The van der Waals surface area contributed by atoms with Crippen molar-refractivity contribution in [3.63, 3.8) is 0 Å². The van der Waals surface area contributed by atoms with Crippen molar-refractivity contribution in [3.05, 3.63) is 59.2 Å². The van der Waals surface area contributed by atoms with E-state index < -0.39 is 0 Å². The number of aromatic nitrogens is 1. The van der Waals surface area contributed by atoms with Gasteiger partial charge in [0.15, 0.2) is 11.6 Å². The van der Waals surface area contributed by atoms with Crippen LogP contribution in [0.1, 0.15) is 29.9 Å². The standard InChI is InChI=1S/C16H19FN2O/c1-11-5-4-6-14(19-11)10-20-16-8-7-13(9-15(16)17)12(2)18-3/h4-9,12,18H,10H2,1-3H3. The van der Waals surface area contributed by atoms with Crippen LogP contribution in [0.3, 0.4) is 0 Å². The van der Waals surface area contributed by atoms with Crippen molar-refractivity contribution in [2.24, 2.45) is 0 Å². The van der Waals surface area contributed by atoms with Crippen LogP contribution in [0.2, 0.25) is 0 Å². The molecule has 0 spiro atoms. The van der Waals surface area contributed by atoms with Crippen molar-refractivity contribution in [1.29, 1.82) is 0 Å². The highest BCUT2D eigenvalue weighted by atomic mass is 19.1. The molecule has 1 heterocycles. The lowest BCUT2D eigenvalue weighted by Gasteiger charge is -2.13. The van der Waals surface area contributed by atoms with Crippen LogP contribution in [0, 0.1) is 12.7 Å². The Bertz CT molecular complexity index is 586. The van der Waals surface area contributed by atoms with E-state index in [1.165, 1.54) is 6.07 Å². The highest BCUT2D eigenvalue weighted by molar-refractivity contribution is 5.31. The number of hydrogen-bond donors (Lipinski definition) is 1. The van der Waals surface area contributed by atoms with E-state index in [0.717, 1.165) is 17.0 Å². The third-order valence-electron chi connectivity index (χ3n) is 3.21. The Hall–Kier alpha value is -1.94. The minimum absolute atomic E-state index is 0.108. The monoisotopic (exact) mass is 274 g/mol. The molecule has 1 aromatic heterocycles. The Morgan fingerprint density at radius 2 is 2.10 bits per heavy atom. The lowest BCUT2D eigenvalue weighted by atomic mass is 10.1. The fourth-order valence-electron chi connectivity index (χ4n) is 1.90. The summed E-state index contributed by atoms with van der Waals surface area (Å²) in [5.74, 6) is -0.0994. The normalized spacial score (nSPS) is 12.2. The van der Waals surface area contributed by atoms with Crippen molar-refractivity contribution in [3.8, 4) is 5.75 Å². The molecule has 0 fully saturated rings. The van der Waals surface area contributed by atoms with E-state index in [4.69, 9.17) is 4.74 Å². The summed E-state index contributed by atoms with van der Waals surface area (Å²) in [4.78, 5) is 4.32. The molecule has 106 valence electrons. The van der Waals surface area contributed by atoms with Gasteiger partial charge in [0, 0.05) is 11.7 Å². The number of aryl methyl sites for hydroxylation is 1. The smallest absolute Gasteiger partial charge is 0.165 e. The molecule has 2 rings (SSSR count). The topological polar surface area (TPSA) is 34.1 Å². The average Bonchev–Trinajstić information content (AvgIpc) is 2.45. The summed E-state index contributed by atoms with van der Waals surface area (Å²) in [6.07, 6.45) is 0. The molecule has 0 aliphatic carbocycles. The predicted molar refractivity (Wildman–Crippen MR) is 77.2 cm³/mol. The zero-order valence-corrected chi connectivity index (χ0v) is 12.0. The highest BCUT2D eigenvalue weighted by Crippen LogP contribution is 2.22. The Labute approximate surface area is 118 Å². The van der Waals surface area contributed by atoms with Gasteiger partial charge in [-0.25, -0.2) is 4.39 Å². The number of halogens is 1. The molecule has 0 amide bonds. The van der Waals surface area contributed by atoms with Gasteiger partial charge in [-0.1, -0.05) is 12.1 Å². The molecule has 0 aliphatic rings. The van der Waals surface area contributed by atoms with E-state index in [0.29, 0.717) is 0 Å². The first-order valence-corrected chi connectivity index (χ1v) is 6.62. The third kappa shape index (κ3) is 3.54. The fourth-order valence-corrected chi connectivity index (χ4v) is 1.90. The quantitative estimate of drug-likeness (QED) is 0.907. The second kappa shape index (κ2) is 6.48. The number of nitrogens with zero attached hydrogens (tertiary/aromatic N) is 1. The van der Waals surface area contributed by atoms with Gasteiger partial charge < -0.3 is 10.1 Å². The van der Waals surface area contributed by atoms with E-state index >= 15 is 0 Å². The minimum Gasteiger partial charge on any atom is -0.484 e. The van der Waals surface area contributed by atoms with Crippen LogP contribution in [0.5, 0.6) is 5.75 Å². The van der Waals surface area contributed by atoms with Crippen LogP contribution in [0.4, 0.5) is 4.39 Å². The fraction of sp³-hybridized carbons (Fsp3) is 0.312. The van der Waals surface area contributed by atoms with Gasteiger partial charge in [0.05, 0.1) is 5.69 Å². The molecular weight excluding hydrogens is 255 g/mol. The SMILES string of the molecule is CNC(C)c1ccc(OCc2cccc(C)n2)c(F)c1. The average molecular weight is 274 g/mol. The molecule has 1 aromatic carbocycles. The molecule has 0 aliphatic heterocycles. The maximum Gasteiger partial charge on any atom is 0.165 e. The lowest BCUT2D eigenvalue weighted by Crippen LogP contribution is -2.12. The maximum absolute atomic E-state index is 14.0. The molecule has 3 nitrogen and oxygen atoms in total. The van der Waals surface area contributed by atoms with E-state index in [9.17, 15) is 4.39 Å². The molecular formula is C16H19FN2O. The molecule has 0 bridgehead atoms. The van der Waals surface area contributed by atoms with Crippen LogP contribution in [0.25, 0.3) is 0 Å². The summed E-state index contributed by atoms with van der Waals surface area (Å²) in [6, 6.07) is 10.8. The number of ether oxygens (including phenoxy) is 1. The Morgan fingerprint density at radius 3 is 2.75 bits per heavy atom. The molecule has 2 aromatic rings. The molecule has 1 atom stereocenters. The van der Waals surface area contributed by atoms with Crippen molar-refractivity contribution < 1.29 is 9.13 Å². The zero-order valence-electron chi connectivity index (χ0n) is 12.0. The number of benzene rings is 1. The van der Waals surface area contributed by atoms with Crippen LogP contribution in [-0.4, -0.2) is 12.0 Å². The molecule has 20 heavy (non-hydrogen) atoms. The summed E-state index contributed by atoms with van der Waals surface area (Å²) >= 11 is 0. The first-order chi connectivity index (χ1) is 9.60. The molecule has 1 unspecified atom stereocenters. The summed E-state index contributed by atoms with van der Waals surface area (Å²) in [7, 11) is 1.84. The molecule has 0 radical (unpaired) electrons. The van der Waals surface area contributed by atoms with Gasteiger partial charge in [-0.3, -0.25) is 4.98 Å². The number of nitrogens with one attached hydrogen (secondary N) is 1. The van der Waals surface area contributed by atoms with Gasteiger partial charge in [-0.05, 0) is 50.7 Å². The molecule has 4 heteroatoms. The van der Waals surface area contributed by atoms with E-state index in [-0.39, 0.29) is 24.2 Å². The molecule has 0 saturated carbocycles. The third-order valence-corrected chi connectivity index (χ3v) is 3.21. The van der Waals surface area contributed by atoms with E-state index in [2.05, 4.69) is 10.3 Å². The second-order valence-electron chi connectivity index (χ2n) is 4.76. The summed E-state index contributed by atoms with van der Waals surface area (Å²) in [5.41, 5.74) is 2.60. The first kappa shape index (κ1) is 14.5. The maximum atomic E-state index is 14.0. The second-order valence-corrected chi connectivity index (χ2v) is 4.76. The van der Waals surface area contributed by atoms with Crippen LogP contribution in [0.15, 0.2) is 36.4 Å². The Morgan fingerprint density at radius 1 is 1.30 bits per heavy atom. The zero-order chi connectivity index (χ0) is 14.5. The van der Waals surface area contributed by atoms with Crippen LogP contribution in [-0.2, 0) is 6.61 Å². The molecule has 1 N–H and O–H groups in total. The van der Waals surface area contributed by atoms with Gasteiger partial charge in [0.2, 0.25) is 0 Å². The van der Waals surface area contributed by atoms with Crippen molar-refractivity contribution in [1.82, 2.24) is 10.3 Å².